The van der Waals surface area contributed by atoms with Gasteiger partial charge in [-0.3, -0.25) is 9.59 Å². The first-order chi connectivity index (χ1) is 7.72. The summed E-state index contributed by atoms with van der Waals surface area (Å²) in [4.78, 5) is 24.5. The molecule has 0 bridgehead atoms. The average molecular weight is 218 g/mol. The van der Waals surface area contributed by atoms with Gasteiger partial charge >= 0.3 is 11.8 Å². The second-order valence-electron chi connectivity index (χ2n) is 3.78. The largest absolute Gasteiger partial charge is 0.339 e. The standard InChI is InChI=1S/C12H14N2O2/c1-2-14-8-10(13-11(15)12(14)16)9-6-4-3-5-7-9/h3-7,10H,2,8H2,1H3,(H,13,15)/t10-/m1/s1. The van der Waals surface area contributed by atoms with Crippen LogP contribution in [0.1, 0.15) is 18.5 Å². The van der Waals surface area contributed by atoms with Crippen molar-refractivity contribution in [1.82, 2.24) is 10.2 Å². The van der Waals surface area contributed by atoms with Crippen LogP contribution in [0.3, 0.4) is 0 Å². The summed E-state index contributed by atoms with van der Waals surface area (Å²) in [6.07, 6.45) is 0. The predicted molar refractivity (Wildman–Crippen MR) is 59.6 cm³/mol. The highest BCUT2D eigenvalue weighted by atomic mass is 16.2. The second-order valence-corrected chi connectivity index (χ2v) is 3.78. The fourth-order valence-corrected chi connectivity index (χ4v) is 1.86. The van der Waals surface area contributed by atoms with Gasteiger partial charge in [-0.2, -0.15) is 0 Å². The van der Waals surface area contributed by atoms with Crippen LogP contribution in [0.2, 0.25) is 0 Å². The average Bonchev–Trinajstić information content (AvgIpc) is 2.33. The van der Waals surface area contributed by atoms with Crippen molar-refractivity contribution in [2.45, 2.75) is 13.0 Å². The Morgan fingerprint density at radius 3 is 2.62 bits per heavy atom. The smallest absolute Gasteiger partial charge is 0.311 e. The van der Waals surface area contributed by atoms with Crippen molar-refractivity contribution in [3.63, 3.8) is 0 Å². The maximum Gasteiger partial charge on any atom is 0.311 e. The highest BCUT2D eigenvalue weighted by Gasteiger charge is 2.31. The van der Waals surface area contributed by atoms with Crippen LogP contribution >= 0.6 is 0 Å². The summed E-state index contributed by atoms with van der Waals surface area (Å²) in [6.45, 7) is 2.99. The van der Waals surface area contributed by atoms with E-state index in [4.69, 9.17) is 0 Å². The number of carbonyl (C=O) groups excluding carboxylic acids is 2. The third-order valence-electron chi connectivity index (χ3n) is 2.77. The summed E-state index contributed by atoms with van der Waals surface area (Å²) in [5, 5.41) is 2.72. The Kier molecular flexibility index (Phi) is 2.90. The van der Waals surface area contributed by atoms with Crippen molar-refractivity contribution < 1.29 is 9.59 Å². The van der Waals surface area contributed by atoms with Crippen molar-refractivity contribution in [3.8, 4) is 0 Å². The lowest BCUT2D eigenvalue weighted by atomic mass is 10.0. The van der Waals surface area contributed by atoms with Gasteiger partial charge in [0.15, 0.2) is 0 Å². The fourth-order valence-electron chi connectivity index (χ4n) is 1.86. The van der Waals surface area contributed by atoms with Gasteiger partial charge in [-0.15, -0.1) is 0 Å². The molecule has 1 fully saturated rings. The van der Waals surface area contributed by atoms with E-state index in [0.717, 1.165) is 5.56 Å². The van der Waals surface area contributed by atoms with E-state index in [1.54, 1.807) is 4.90 Å². The maximum atomic E-state index is 11.4. The lowest BCUT2D eigenvalue weighted by Crippen LogP contribution is -2.53. The first-order valence-electron chi connectivity index (χ1n) is 5.37. The predicted octanol–water partition coefficient (Wildman–Crippen LogP) is 0.706. The molecule has 1 atom stereocenters. The number of nitrogens with one attached hydrogen (secondary N) is 1. The molecule has 2 rings (SSSR count). The summed E-state index contributed by atoms with van der Waals surface area (Å²) in [7, 11) is 0. The Morgan fingerprint density at radius 1 is 1.31 bits per heavy atom. The highest BCUT2D eigenvalue weighted by molar-refractivity contribution is 6.35. The van der Waals surface area contributed by atoms with Crippen molar-refractivity contribution >= 4 is 11.8 Å². The molecule has 0 unspecified atom stereocenters. The van der Waals surface area contributed by atoms with Crippen LogP contribution in [0.4, 0.5) is 0 Å². The van der Waals surface area contributed by atoms with E-state index in [9.17, 15) is 9.59 Å². The molecular weight excluding hydrogens is 204 g/mol. The Hall–Kier alpha value is -1.84. The molecule has 2 amide bonds. The van der Waals surface area contributed by atoms with Gasteiger partial charge in [-0.05, 0) is 12.5 Å². The third-order valence-corrected chi connectivity index (χ3v) is 2.77. The van der Waals surface area contributed by atoms with Crippen LogP contribution in [0.15, 0.2) is 30.3 Å². The van der Waals surface area contributed by atoms with Crippen LogP contribution in [0, 0.1) is 0 Å². The molecule has 1 N–H and O–H groups in total. The van der Waals surface area contributed by atoms with Gasteiger partial charge in [-0.25, -0.2) is 0 Å². The molecule has 1 aromatic carbocycles. The van der Waals surface area contributed by atoms with E-state index in [2.05, 4.69) is 5.32 Å². The molecule has 0 spiro atoms. The van der Waals surface area contributed by atoms with Gasteiger partial charge in [0.2, 0.25) is 0 Å². The molecule has 16 heavy (non-hydrogen) atoms. The van der Waals surface area contributed by atoms with E-state index in [-0.39, 0.29) is 6.04 Å². The van der Waals surface area contributed by atoms with Gasteiger partial charge in [0, 0.05) is 13.1 Å². The van der Waals surface area contributed by atoms with Gasteiger partial charge in [0.25, 0.3) is 0 Å². The van der Waals surface area contributed by atoms with Crippen molar-refractivity contribution in [3.05, 3.63) is 35.9 Å². The Labute approximate surface area is 94.2 Å². The molecular formula is C12H14N2O2. The van der Waals surface area contributed by atoms with Crippen LogP contribution in [0.25, 0.3) is 0 Å². The molecule has 4 nitrogen and oxygen atoms in total. The summed E-state index contributed by atoms with van der Waals surface area (Å²) < 4.78 is 0. The molecule has 1 aliphatic rings. The fraction of sp³-hybridized carbons (Fsp3) is 0.333. The topological polar surface area (TPSA) is 49.4 Å². The van der Waals surface area contributed by atoms with Gasteiger partial charge in [0.1, 0.15) is 0 Å². The zero-order valence-electron chi connectivity index (χ0n) is 9.14. The number of carbonyl (C=O) groups is 2. The SMILES string of the molecule is CCN1C[C@H](c2ccccc2)NC(=O)C1=O. The summed E-state index contributed by atoms with van der Waals surface area (Å²) in [5.41, 5.74) is 1.03. The molecule has 84 valence electrons. The summed E-state index contributed by atoms with van der Waals surface area (Å²) >= 11 is 0. The lowest BCUT2D eigenvalue weighted by molar-refractivity contribution is -0.149. The van der Waals surface area contributed by atoms with Gasteiger partial charge in [-0.1, -0.05) is 30.3 Å². The van der Waals surface area contributed by atoms with Crippen LogP contribution < -0.4 is 5.32 Å². The highest BCUT2D eigenvalue weighted by Crippen LogP contribution is 2.17. The van der Waals surface area contributed by atoms with E-state index < -0.39 is 11.8 Å². The normalized spacial score (nSPS) is 20.8. The van der Waals surface area contributed by atoms with E-state index in [1.165, 1.54) is 0 Å². The number of piperazine rings is 1. The molecule has 0 aromatic heterocycles. The molecule has 1 aliphatic heterocycles. The lowest BCUT2D eigenvalue weighted by Gasteiger charge is -2.32. The number of hydrogen-bond donors (Lipinski definition) is 1. The number of benzene rings is 1. The van der Waals surface area contributed by atoms with E-state index in [0.29, 0.717) is 13.1 Å². The minimum atomic E-state index is -0.512. The van der Waals surface area contributed by atoms with Gasteiger partial charge in [0.05, 0.1) is 6.04 Å². The van der Waals surface area contributed by atoms with Crippen molar-refractivity contribution in [2.24, 2.45) is 0 Å². The second kappa shape index (κ2) is 4.35. The van der Waals surface area contributed by atoms with Crippen LogP contribution in [0.5, 0.6) is 0 Å². The van der Waals surface area contributed by atoms with Gasteiger partial charge < -0.3 is 10.2 Å². The molecule has 0 saturated carbocycles. The van der Waals surface area contributed by atoms with Crippen LogP contribution in [-0.4, -0.2) is 29.8 Å². The monoisotopic (exact) mass is 218 g/mol. The minimum Gasteiger partial charge on any atom is -0.339 e. The first kappa shape index (κ1) is 10.7. The zero-order chi connectivity index (χ0) is 11.5. The number of amides is 2. The Morgan fingerprint density at radius 2 is 2.00 bits per heavy atom. The molecule has 1 heterocycles. The molecule has 0 radical (unpaired) electrons. The van der Waals surface area contributed by atoms with E-state index >= 15 is 0 Å². The Bertz CT molecular complexity index is 403. The molecule has 4 heteroatoms. The molecule has 0 aliphatic carbocycles. The number of hydrogen-bond acceptors (Lipinski definition) is 2. The Balaban J connectivity index is 2.19. The van der Waals surface area contributed by atoms with E-state index in [1.807, 2.05) is 37.3 Å². The number of likely N-dealkylation sites (N-methyl/N-ethyl adjacent to an activating group) is 1. The van der Waals surface area contributed by atoms with Crippen LogP contribution in [-0.2, 0) is 9.59 Å². The quantitative estimate of drug-likeness (QED) is 0.743. The number of rotatable bonds is 2. The third kappa shape index (κ3) is 1.91. The maximum absolute atomic E-state index is 11.4. The summed E-state index contributed by atoms with van der Waals surface area (Å²) in [6, 6.07) is 9.59. The summed E-state index contributed by atoms with van der Waals surface area (Å²) in [5.74, 6) is -0.948. The first-order valence-corrected chi connectivity index (χ1v) is 5.37. The van der Waals surface area contributed by atoms with Crippen molar-refractivity contribution in [2.75, 3.05) is 13.1 Å². The molecule has 1 aromatic rings. The van der Waals surface area contributed by atoms with Crippen molar-refractivity contribution in [1.29, 1.82) is 0 Å². The zero-order valence-corrected chi connectivity index (χ0v) is 9.14. The number of nitrogens with zero attached hydrogens (tertiary/aromatic N) is 1. The molecule has 1 saturated heterocycles. The minimum absolute atomic E-state index is 0.0913.